The lowest BCUT2D eigenvalue weighted by atomic mass is 9.91. The normalized spacial score (nSPS) is 11.6. The molecule has 0 N–H and O–H groups in total. The average Bonchev–Trinajstić information content (AvgIpc) is 3.85. The Hall–Kier alpha value is -7.21. The second-order valence-corrected chi connectivity index (χ2v) is 15.0. The van der Waals surface area contributed by atoms with Gasteiger partial charge in [-0.15, -0.1) is 11.3 Å². The minimum atomic E-state index is 0.629. The highest BCUT2D eigenvalue weighted by atomic mass is 32.1. The monoisotopic (exact) mass is 733 g/mol. The van der Waals surface area contributed by atoms with Gasteiger partial charge in [-0.05, 0) is 46.5 Å². The van der Waals surface area contributed by atoms with Gasteiger partial charge in [0, 0.05) is 58.8 Å². The highest BCUT2D eigenvalue weighted by Gasteiger charge is 2.20. The molecule has 0 aliphatic rings. The molecule has 0 saturated carbocycles. The van der Waals surface area contributed by atoms with Crippen LogP contribution in [-0.2, 0) is 0 Å². The van der Waals surface area contributed by atoms with Crippen molar-refractivity contribution in [2.75, 3.05) is 0 Å². The zero-order chi connectivity index (χ0) is 37.0. The third-order valence-corrected chi connectivity index (χ3v) is 11.8. The number of hydrogen-bond donors (Lipinski definition) is 0. The van der Waals surface area contributed by atoms with Crippen molar-refractivity contribution in [2.24, 2.45) is 0 Å². The van der Waals surface area contributed by atoms with Crippen molar-refractivity contribution in [3.8, 4) is 67.5 Å². The minimum absolute atomic E-state index is 0.629. The Bertz CT molecular complexity index is 3180. The zero-order valence-electron chi connectivity index (χ0n) is 30.1. The van der Waals surface area contributed by atoms with Crippen LogP contribution in [-0.4, -0.2) is 15.0 Å². The topological polar surface area (TPSA) is 51.8 Å². The highest BCUT2D eigenvalue weighted by molar-refractivity contribution is 7.26. The number of benzene rings is 8. The Morgan fingerprint density at radius 1 is 0.357 bits per heavy atom. The standard InChI is InChI=1S/C51H31N3OS/c1-4-14-32(15-5-1)46-39(27-28-42-38-22-10-11-25-45(38)56-48(42)46)40-23-13-24-41-43-31-36(26-29-44(43)55-47(40)41)35-20-12-21-37(30-35)51-53-49(33-16-6-2-7-17-33)52-50(54-51)34-18-8-3-9-19-34/h1-31H. The van der Waals surface area contributed by atoms with Crippen LogP contribution in [0, 0.1) is 0 Å². The first-order chi connectivity index (χ1) is 27.7. The molecule has 3 heterocycles. The minimum Gasteiger partial charge on any atom is -0.455 e. The molecule has 0 radical (unpaired) electrons. The van der Waals surface area contributed by atoms with Gasteiger partial charge in [0.25, 0.3) is 0 Å². The lowest BCUT2D eigenvalue weighted by Crippen LogP contribution is -2.00. The molecular weight excluding hydrogens is 703 g/mol. The van der Waals surface area contributed by atoms with Crippen molar-refractivity contribution in [1.82, 2.24) is 15.0 Å². The third kappa shape index (κ3) is 5.48. The van der Waals surface area contributed by atoms with Gasteiger partial charge in [-0.3, -0.25) is 0 Å². The lowest BCUT2D eigenvalue weighted by molar-refractivity contribution is 0.670. The van der Waals surface area contributed by atoms with Crippen LogP contribution in [0.15, 0.2) is 192 Å². The number of hydrogen-bond acceptors (Lipinski definition) is 5. The van der Waals surface area contributed by atoms with E-state index in [4.69, 9.17) is 19.4 Å². The van der Waals surface area contributed by atoms with Crippen LogP contribution in [0.25, 0.3) is 110 Å². The van der Waals surface area contributed by atoms with Crippen LogP contribution in [0.2, 0.25) is 0 Å². The molecule has 56 heavy (non-hydrogen) atoms. The van der Waals surface area contributed by atoms with E-state index in [1.807, 2.05) is 72.0 Å². The summed E-state index contributed by atoms with van der Waals surface area (Å²) in [5.41, 5.74) is 11.4. The fourth-order valence-electron chi connectivity index (χ4n) is 7.87. The summed E-state index contributed by atoms with van der Waals surface area (Å²) >= 11 is 1.86. The summed E-state index contributed by atoms with van der Waals surface area (Å²) in [6, 6.07) is 65.6. The predicted molar refractivity (Wildman–Crippen MR) is 233 cm³/mol. The van der Waals surface area contributed by atoms with Gasteiger partial charge in [-0.1, -0.05) is 164 Å². The molecular formula is C51H31N3OS. The summed E-state index contributed by atoms with van der Waals surface area (Å²) in [5.74, 6) is 1.91. The number of para-hydroxylation sites is 1. The van der Waals surface area contributed by atoms with E-state index in [1.165, 1.54) is 31.3 Å². The van der Waals surface area contributed by atoms with Gasteiger partial charge < -0.3 is 4.42 Å². The van der Waals surface area contributed by atoms with Crippen LogP contribution in [0.4, 0.5) is 0 Å². The fraction of sp³-hybridized carbons (Fsp3) is 0. The van der Waals surface area contributed by atoms with E-state index < -0.39 is 0 Å². The Morgan fingerprint density at radius 2 is 0.929 bits per heavy atom. The Balaban J connectivity index is 1.04. The molecule has 0 amide bonds. The smallest absolute Gasteiger partial charge is 0.164 e. The van der Waals surface area contributed by atoms with E-state index >= 15 is 0 Å². The Labute approximate surface area is 327 Å². The Kier molecular flexibility index (Phi) is 7.64. The molecule has 4 nitrogen and oxygen atoms in total. The molecule has 0 unspecified atom stereocenters. The molecule has 5 heteroatoms. The summed E-state index contributed by atoms with van der Waals surface area (Å²) in [5, 5.41) is 4.73. The largest absolute Gasteiger partial charge is 0.455 e. The van der Waals surface area contributed by atoms with E-state index in [2.05, 4.69) is 127 Å². The van der Waals surface area contributed by atoms with Crippen molar-refractivity contribution in [3.63, 3.8) is 0 Å². The zero-order valence-corrected chi connectivity index (χ0v) is 30.9. The van der Waals surface area contributed by atoms with Gasteiger partial charge in [0.2, 0.25) is 0 Å². The van der Waals surface area contributed by atoms with Crippen LogP contribution in [0.1, 0.15) is 0 Å². The number of rotatable bonds is 6. The first kappa shape index (κ1) is 32.2. The molecule has 0 fully saturated rings. The van der Waals surface area contributed by atoms with E-state index in [0.29, 0.717) is 17.5 Å². The second-order valence-electron chi connectivity index (χ2n) is 13.9. The fourth-order valence-corrected chi connectivity index (χ4v) is 9.14. The molecule has 262 valence electrons. The average molecular weight is 734 g/mol. The molecule has 0 saturated heterocycles. The number of furan rings is 1. The third-order valence-electron chi connectivity index (χ3n) is 10.5. The van der Waals surface area contributed by atoms with Crippen molar-refractivity contribution < 1.29 is 4.42 Å². The number of fused-ring (bicyclic) bond motifs is 6. The first-order valence-electron chi connectivity index (χ1n) is 18.7. The molecule has 0 atom stereocenters. The van der Waals surface area contributed by atoms with Crippen molar-refractivity contribution in [2.45, 2.75) is 0 Å². The SMILES string of the molecule is c1ccc(-c2nc(-c3ccccc3)nc(-c3cccc(-c4ccc5oc6c(-c7ccc8c(sc9ccccc98)c7-c7ccccc7)cccc6c5c4)c3)n2)cc1. The molecule has 3 aromatic heterocycles. The quantitative estimate of drug-likeness (QED) is 0.171. The van der Waals surface area contributed by atoms with Crippen LogP contribution in [0.3, 0.4) is 0 Å². The molecule has 11 rings (SSSR count). The molecule has 0 spiro atoms. The molecule has 11 aromatic rings. The van der Waals surface area contributed by atoms with Crippen molar-refractivity contribution >= 4 is 53.4 Å². The highest BCUT2D eigenvalue weighted by Crippen LogP contribution is 2.47. The lowest BCUT2D eigenvalue weighted by Gasteiger charge is -2.12. The Morgan fingerprint density at radius 3 is 1.66 bits per heavy atom. The summed E-state index contributed by atoms with van der Waals surface area (Å²) < 4.78 is 9.35. The molecule has 0 aliphatic carbocycles. The van der Waals surface area contributed by atoms with Crippen molar-refractivity contribution in [1.29, 1.82) is 0 Å². The first-order valence-corrected chi connectivity index (χ1v) is 19.5. The van der Waals surface area contributed by atoms with Gasteiger partial charge in [0.05, 0.1) is 0 Å². The number of thiophene rings is 1. The number of aromatic nitrogens is 3. The molecule has 8 aromatic carbocycles. The maximum Gasteiger partial charge on any atom is 0.164 e. The van der Waals surface area contributed by atoms with E-state index in [1.54, 1.807) is 0 Å². The van der Waals surface area contributed by atoms with Crippen LogP contribution in [0.5, 0.6) is 0 Å². The summed E-state index contributed by atoms with van der Waals surface area (Å²) in [6.07, 6.45) is 0. The summed E-state index contributed by atoms with van der Waals surface area (Å²) in [4.78, 5) is 14.8. The van der Waals surface area contributed by atoms with Gasteiger partial charge >= 0.3 is 0 Å². The summed E-state index contributed by atoms with van der Waals surface area (Å²) in [6.45, 7) is 0. The van der Waals surface area contributed by atoms with Crippen LogP contribution >= 0.6 is 11.3 Å². The predicted octanol–water partition coefficient (Wildman–Crippen LogP) is 14.1. The second kappa shape index (κ2) is 13.3. The van der Waals surface area contributed by atoms with Crippen molar-refractivity contribution in [3.05, 3.63) is 188 Å². The number of nitrogens with zero attached hydrogens (tertiary/aromatic N) is 3. The van der Waals surface area contributed by atoms with E-state index in [-0.39, 0.29) is 0 Å². The van der Waals surface area contributed by atoms with E-state index in [9.17, 15) is 0 Å². The van der Waals surface area contributed by atoms with E-state index in [0.717, 1.165) is 60.9 Å². The molecule has 0 aliphatic heterocycles. The maximum absolute atomic E-state index is 6.77. The van der Waals surface area contributed by atoms with Crippen LogP contribution < -0.4 is 0 Å². The van der Waals surface area contributed by atoms with Gasteiger partial charge in [0.1, 0.15) is 11.2 Å². The van der Waals surface area contributed by atoms with Gasteiger partial charge in [-0.25, -0.2) is 15.0 Å². The van der Waals surface area contributed by atoms with Gasteiger partial charge in [-0.2, -0.15) is 0 Å². The maximum atomic E-state index is 6.77. The molecule has 0 bridgehead atoms. The summed E-state index contributed by atoms with van der Waals surface area (Å²) in [7, 11) is 0. The van der Waals surface area contributed by atoms with Gasteiger partial charge in [0.15, 0.2) is 17.5 Å².